The standard InChI is InChI=1S/C24H28N2O2/c1-2-27-19-14-12-17(13-15-19)21-16-22-20-10-6-7-11-23(20)28-24(26(22)25-21)18-8-4-3-5-9-18/h6-7,10-15,18,22,24H,2-5,8-9,16H2,1H3/t22-,24-/m1/s1. The number of hydrogen-bond donors (Lipinski definition) is 0. The van der Waals surface area contributed by atoms with Gasteiger partial charge in [-0.2, -0.15) is 5.10 Å². The van der Waals surface area contributed by atoms with E-state index in [1.165, 1.54) is 43.2 Å². The summed E-state index contributed by atoms with van der Waals surface area (Å²) < 4.78 is 12.1. The van der Waals surface area contributed by atoms with Crippen LogP contribution >= 0.6 is 0 Å². The maximum atomic E-state index is 6.52. The highest BCUT2D eigenvalue weighted by Crippen LogP contribution is 2.46. The third kappa shape index (κ3) is 3.15. The van der Waals surface area contributed by atoms with Crippen molar-refractivity contribution in [2.24, 2.45) is 11.0 Å². The summed E-state index contributed by atoms with van der Waals surface area (Å²) in [5.74, 6) is 2.52. The molecule has 0 bridgehead atoms. The van der Waals surface area contributed by atoms with Crippen LogP contribution in [0.5, 0.6) is 11.5 Å². The van der Waals surface area contributed by atoms with E-state index >= 15 is 0 Å². The summed E-state index contributed by atoms with van der Waals surface area (Å²) in [4.78, 5) is 0. The molecule has 0 amide bonds. The average Bonchev–Trinajstić information content (AvgIpc) is 3.20. The highest BCUT2D eigenvalue weighted by atomic mass is 16.5. The molecule has 0 N–H and O–H groups in total. The van der Waals surface area contributed by atoms with Gasteiger partial charge in [-0.25, -0.2) is 5.01 Å². The van der Waals surface area contributed by atoms with Crippen molar-refractivity contribution in [3.8, 4) is 11.5 Å². The first-order valence-corrected chi connectivity index (χ1v) is 10.7. The molecule has 28 heavy (non-hydrogen) atoms. The van der Waals surface area contributed by atoms with E-state index in [9.17, 15) is 0 Å². The van der Waals surface area contributed by atoms with Crippen LogP contribution in [0, 0.1) is 5.92 Å². The molecule has 2 aromatic rings. The second-order valence-electron chi connectivity index (χ2n) is 8.05. The van der Waals surface area contributed by atoms with E-state index in [2.05, 4.69) is 41.4 Å². The fraction of sp³-hybridized carbons (Fsp3) is 0.458. The molecule has 2 aromatic carbocycles. The first-order chi connectivity index (χ1) is 13.8. The molecule has 0 aromatic heterocycles. The Hall–Kier alpha value is -2.49. The minimum absolute atomic E-state index is 0.0559. The van der Waals surface area contributed by atoms with Crippen LogP contribution in [0.4, 0.5) is 0 Å². The van der Waals surface area contributed by atoms with Gasteiger partial charge >= 0.3 is 0 Å². The Bertz CT molecular complexity index is 855. The van der Waals surface area contributed by atoms with Gasteiger partial charge in [-0.15, -0.1) is 0 Å². The van der Waals surface area contributed by atoms with Gasteiger partial charge in [0.2, 0.25) is 0 Å². The van der Waals surface area contributed by atoms with Crippen LogP contribution in [-0.2, 0) is 0 Å². The van der Waals surface area contributed by atoms with E-state index in [4.69, 9.17) is 14.6 Å². The molecule has 0 saturated heterocycles. The molecule has 4 heteroatoms. The minimum atomic E-state index is 0.0559. The molecule has 0 unspecified atom stereocenters. The summed E-state index contributed by atoms with van der Waals surface area (Å²) in [6.45, 7) is 2.70. The van der Waals surface area contributed by atoms with Gasteiger partial charge in [0, 0.05) is 17.9 Å². The maximum Gasteiger partial charge on any atom is 0.190 e. The maximum absolute atomic E-state index is 6.52. The predicted octanol–water partition coefficient (Wildman–Crippen LogP) is 5.54. The van der Waals surface area contributed by atoms with E-state index in [1.54, 1.807) is 0 Å². The lowest BCUT2D eigenvalue weighted by Crippen LogP contribution is -2.45. The summed E-state index contributed by atoms with van der Waals surface area (Å²) in [5, 5.41) is 7.36. The normalized spacial score (nSPS) is 24.2. The van der Waals surface area contributed by atoms with Crippen molar-refractivity contribution in [2.45, 2.75) is 57.7 Å². The summed E-state index contributed by atoms with van der Waals surface area (Å²) in [7, 11) is 0. The largest absolute Gasteiger partial charge is 0.494 e. The highest BCUT2D eigenvalue weighted by molar-refractivity contribution is 6.02. The number of nitrogens with zero attached hydrogens (tertiary/aromatic N) is 2. The molecule has 1 aliphatic carbocycles. The first-order valence-electron chi connectivity index (χ1n) is 10.7. The number of benzene rings is 2. The summed E-state index contributed by atoms with van der Waals surface area (Å²) in [6.07, 6.45) is 7.43. The molecular weight excluding hydrogens is 348 g/mol. The molecule has 1 saturated carbocycles. The summed E-state index contributed by atoms with van der Waals surface area (Å²) in [5.41, 5.74) is 3.59. The summed E-state index contributed by atoms with van der Waals surface area (Å²) >= 11 is 0. The molecule has 5 rings (SSSR count). The fourth-order valence-electron chi connectivity index (χ4n) is 4.88. The Labute approximate surface area is 167 Å². The Morgan fingerprint density at radius 3 is 2.61 bits per heavy atom. The van der Waals surface area contributed by atoms with Crippen molar-refractivity contribution in [3.05, 3.63) is 59.7 Å². The molecule has 0 spiro atoms. The molecule has 3 aliphatic rings. The third-order valence-corrected chi connectivity index (χ3v) is 6.28. The zero-order chi connectivity index (χ0) is 18.9. The summed E-state index contributed by atoms with van der Waals surface area (Å²) in [6, 6.07) is 17.1. The van der Waals surface area contributed by atoms with Crippen molar-refractivity contribution in [1.29, 1.82) is 0 Å². The molecule has 2 aliphatic heterocycles. The number of hydrazone groups is 1. The molecule has 2 heterocycles. The van der Waals surface area contributed by atoms with E-state index < -0.39 is 0 Å². The van der Waals surface area contributed by atoms with Crippen molar-refractivity contribution in [1.82, 2.24) is 5.01 Å². The number of ether oxygens (including phenoxy) is 2. The van der Waals surface area contributed by atoms with E-state index in [-0.39, 0.29) is 12.3 Å². The second kappa shape index (κ2) is 7.50. The average molecular weight is 377 g/mol. The van der Waals surface area contributed by atoms with Crippen molar-refractivity contribution in [2.75, 3.05) is 6.61 Å². The fourth-order valence-corrected chi connectivity index (χ4v) is 4.88. The van der Waals surface area contributed by atoms with E-state index in [0.717, 1.165) is 23.6 Å². The number of hydrogen-bond acceptors (Lipinski definition) is 4. The highest BCUT2D eigenvalue weighted by Gasteiger charge is 2.43. The van der Waals surface area contributed by atoms with Crippen LogP contribution in [0.3, 0.4) is 0 Å². The predicted molar refractivity (Wildman–Crippen MR) is 111 cm³/mol. The number of para-hydroxylation sites is 1. The number of rotatable bonds is 4. The van der Waals surface area contributed by atoms with Crippen LogP contribution < -0.4 is 9.47 Å². The molecule has 0 radical (unpaired) electrons. The molecule has 2 atom stereocenters. The van der Waals surface area contributed by atoms with E-state index in [0.29, 0.717) is 12.5 Å². The molecule has 146 valence electrons. The minimum Gasteiger partial charge on any atom is -0.494 e. The van der Waals surface area contributed by atoms with Gasteiger partial charge in [0.15, 0.2) is 6.23 Å². The van der Waals surface area contributed by atoms with Crippen LogP contribution in [0.1, 0.15) is 62.6 Å². The van der Waals surface area contributed by atoms with Gasteiger partial charge in [0.05, 0.1) is 18.4 Å². The van der Waals surface area contributed by atoms with Crippen molar-refractivity contribution >= 4 is 5.71 Å². The van der Waals surface area contributed by atoms with E-state index in [1.807, 2.05) is 19.1 Å². The zero-order valence-electron chi connectivity index (χ0n) is 16.5. The molecular formula is C24H28N2O2. The van der Waals surface area contributed by atoms with Crippen LogP contribution in [0.2, 0.25) is 0 Å². The van der Waals surface area contributed by atoms with Crippen LogP contribution in [0.25, 0.3) is 0 Å². The SMILES string of the molecule is CCOc1ccc(C2=NN3[C@H](C2)c2ccccc2O[C@@H]3C2CCCCC2)cc1. The second-order valence-corrected chi connectivity index (χ2v) is 8.05. The van der Waals surface area contributed by atoms with Gasteiger partial charge in [-0.05, 0) is 55.7 Å². The lowest BCUT2D eigenvalue weighted by molar-refractivity contribution is -0.0643. The van der Waals surface area contributed by atoms with Gasteiger partial charge in [0.1, 0.15) is 11.5 Å². The first kappa shape index (κ1) is 17.6. The Morgan fingerprint density at radius 1 is 1.04 bits per heavy atom. The topological polar surface area (TPSA) is 34.1 Å². The monoisotopic (exact) mass is 376 g/mol. The van der Waals surface area contributed by atoms with Crippen LogP contribution in [0.15, 0.2) is 53.6 Å². The Morgan fingerprint density at radius 2 is 1.82 bits per heavy atom. The van der Waals surface area contributed by atoms with Crippen LogP contribution in [-0.4, -0.2) is 23.6 Å². The van der Waals surface area contributed by atoms with Gasteiger partial charge < -0.3 is 9.47 Å². The molecule has 4 nitrogen and oxygen atoms in total. The van der Waals surface area contributed by atoms with Crippen molar-refractivity contribution in [3.63, 3.8) is 0 Å². The lowest BCUT2D eigenvalue weighted by Gasteiger charge is -2.42. The Kier molecular flexibility index (Phi) is 4.71. The Balaban J connectivity index is 1.47. The van der Waals surface area contributed by atoms with Gasteiger partial charge in [-0.3, -0.25) is 0 Å². The zero-order valence-corrected chi connectivity index (χ0v) is 16.5. The smallest absolute Gasteiger partial charge is 0.190 e. The molecule has 1 fully saturated rings. The quantitative estimate of drug-likeness (QED) is 0.703. The third-order valence-electron chi connectivity index (χ3n) is 6.28. The van der Waals surface area contributed by atoms with Gasteiger partial charge in [-0.1, -0.05) is 37.5 Å². The lowest BCUT2D eigenvalue weighted by atomic mass is 9.86. The van der Waals surface area contributed by atoms with Gasteiger partial charge in [0.25, 0.3) is 0 Å². The number of fused-ring (bicyclic) bond motifs is 3. The van der Waals surface area contributed by atoms with Crippen molar-refractivity contribution < 1.29 is 9.47 Å².